The molecule has 0 aromatic carbocycles. The predicted octanol–water partition coefficient (Wildman–Crippen LogP) is 1.78. The van der Waals surface area contributed by atoms with E-state index in [1.165, 1.54) is 0 Å². The van der Waals surface area contributed by atoms with Crippen LogP contribution in [0, 0.1) is 6.92 Å². The normalized spacial score (nSPS) is 18.0. The molecule has 0 radical (unpaired) electrons. The predicted molar refractivity (Wildman–Crippen MR) is 89.1 cm³/mol. The zero-order valence-electron chi connectivity index (χ0n) is 13.1. The summed E-state index contributed by atoms with van der Waals surface area (Å²) in [7, 11) is 0. The third-order valence-electron chi connectivity index (χ3n) is 4.48. The highest BCUT2D eigenvalue weighted by molar-refractivity contribution is 5.87. The smallest absolute Gasteiger partial charge is 0.166 e. The summed E-state index contributed by atoms with van der Waals surface area (Å²) in [4.78, 5) is 19.8. The van der Waals surface area contributed by atoms with E-state index >= 15 is 0 Å². The molecule has 2 N–H and O–H groups in total. The maximum Gasteiger partial charge on any atom is 0.166 e. The molecular weight excluding hydrogens is 290 g/mol. The van der Waals surface area contributed by atoms with Crippen molar-refractivity contribution >= 4 is 22.7 Å². The molecule has 1 unspecified atom stereocenters. The van der Waals surface area contributed by atoms with E-state index in [1.807, 2.05) is 25.4 Å². The van der Waals surface area contributed by atoms with Crippen LogP contribution in [0.15, 0.2) is 30.9 Å². The Labute approximate surface area is 134 Å². The van der Waals surface area contributed by atoms with Gasteiger partial charge in [0.15, 0.2) is 5.65 Å². The summed E-state index contributed by atoms with van der Waals surface area (Å²) in [5.41, 5.74) is 6.42. The molecule has 3 aromatic rings. The Kier molecular flexibility index (Phi) is 3.33. The molecule has 0 saturated carbocycles. The Bertz CT molecular complexity index is 841. The van der Waals surface area contributed by atoms with Crippen LogP contribution in [0.3, 0.4) is 0 Å². The third-order valence-corrected chi connectivity index (χ3v) is 4.48. The minimum Gasteiger partial charge on any atom is -0.384 e. The number of hydrogen-bond acceptors (Lipinski definition) is 6. The first-order valence-electron chi connectivity index (χ1n) is 7.84. The van der Waals surface area contributed by atoms with Gasteiger partial charge in [-0.05, 0) is 31.9 Å². The average Bonchev–Trinajstić information content (AvgIpc) is 3.16. The fourth-order valence-electron chi connectivity index (χ4n) is 3.30. The molecule has 23 heavy (non-hydrogen) atoms. The summed E-state index contributed by atoms with van der Waals surface area (Å²) in [6.07, 6.45) is 7.76. The van der Waals surface area contributed by atoms with Gasteiger partial charge in [-0.1, -0.05) is 0 Å². The van der Waals surface area contributed by atoms with E-state index < -0.39 is 0 Å². The summed E-state index contributed by atoms with van der Waals surface area (Å²) in [6, 6.07) is 4.17. The number of imidazole rings is 1. The molecule has 7 heteroatoms. The number of hydrogen-bond donors (Lipinski definition) is 1. The third kappa shape index (κ3) is 2.48. The first kappa shape index (κ1) is 13.9. The number of pyridine rings is 1. The van der Waals surface area contributed by atoms with Crippen LogP contribution in [0.4, 0.5) is 11.6 Å². The van der Waals surface area contributed by atoms with Gasteiger partial charge >= 0.3 is 0 Å². The van der Waals surface area contributed by atoms with Crippen LogP contribution in [0.5, 0.6) is 0 Å². The molecule has 4 heterocycles. The number of aromatic nitrogens is 5. The van der Waals surface area contributed by atoms with Crippen molar-refractivity contribution in [2.24, 2.45) is 0 Å². The van der Waals surface area contributed by atoms with Crippen molar-refractivity contribution in [2.75, 3.05) is 17.2 Å². The maximum absolute atomic E-state index is 5.77. The monoisotopic (exact) mass is 309 g/mol. The molecule has 1 atom stereocenters. The highest BCUT2D eigenvalue weighted by Crippen LogP contribution is 2.30. The molecule has 0 spiro atoms. The quantitative estimate of drug-likeness (QED) is 0.793. The highest BCUT2D eigenvalue weighted by Gasteiger charge is 2.27. The van der Waals surface area contributed by atoms with E-state index in [4.69, 9.17) is 5.73 Å². The van der Waals surface area contributed by atoms with Crippen LogP contribution >= 0.6 is 0 Å². The SMILES string of the molecule is Cc1nccn1CC1CCCN1c1ncnc2nc(N)ccc12. The first-order chi connectivity index (χ1) is 11.2. The molecule has 1 aliphatic rings. The average molecular weight is 309 g/mol. The number of fused-ring (bicyclic) bond motifs is 1. The molecule has 0 aliphatic carbocycles. The van der Waals surface area contributed by atoms with E-state index in [0.29, 0.717) is 17.5 Å². The number of nitrogens with two attached hydrogens (primary N) is 1. The van der Waals surface area contributed by atoms with E-state index in [9.17, 15) is 0 Å². The van der Waals surface area contributed by atoms with Crippen molar-refractivity contribution in [3.05, 3.63) is 36.7 Å². The van der Waals surface area contributed by atoms with Gasteiger partial charge in [0.05, 0.1) is 5.39 Å². The lowest BCUT2D eigenvalue weighted by Gasteiger charge is -2.27. The molecule has 0 amide bonds. The molecule has 118 valence electrons. The Morgan fingerprint density at radius 2 is 2.17 bits per heavy atom. The second kappa shape index (κ2) is 5.49. The van der Waals surface area contributed by atoms with E-state index in [0.717, 1.165) is 43.0 Å². The summed E-state index contributed by atoms with van der Waals surface area (Å²) >= 11 is 0. The second-order valence-corrected chi connectivity index (χ2v) is 5.92. The second-order valence-electron chi connectivity index (χ2n) is 5.92. The number of nitrogens with zero attached hydrogens (tertiary/aromatic N) is 6. The zero-order chi connectivity index (χ0) is 15.8. The molecule has 4 rings (SSSR count). The molecule has 3 aromatic heterocycles. The van der Waals surface area contributed by atoms with Crippen LogP contribution in [0.2, 0.25) is 0 Å². The van der Waals surface area contributed by atoms with Crippen LogP contribution in [0.25, 0.3) is 11.0 Å². The Morgan fingerprint density at radius 3 is 3.00 bits per heavy atom. The van der Waals surface area contributed by atoms with Gasteiger partial charge in [0.1, 0.15) is 23.8 Å². The fraction of sp³-hybridized carbons (Fsp3) is 0.375. The molecule has 1 saturated heterocycles. The summed E-state index contributed by atoms with van der Waals surface area (Å²) in [5.74, 6) is 2.47. The van der Waals surface area contributed by atoms with Crippen LogP contribution in [-0.4, -0.2) is 37.1 Å². The lowest BCUT2D eigenvalue weighted by Crippen LogP contribution is -2.34. The Balaban J connectivity index is 1.70. The van der Waals surface area contributed by atoms with Gasteiger partial charge in [-0.2, -0.15) is 0 Å². The van der Waals surface area contributed by atoms with Crippen molar-refractivity contribution in [3.63, 3.8) is 0 Å². The fourth-order valence-corrected chi connectivity index (χ4v) is 3.30. The summed E-state index contributed by atoms with van der Waals surface area (Å²) in [6.45, 7) is 3.95. The van der Waals surface area contributed by atoms with Crippen molar-refractivity contribution in [1.82, 2.24) is 24.5 Å². The molecular formula is C16H19N7. The molecule has 7 nitrogen and oxygen atoms in total. The number of aryl methyl sites for hydroxylation is 1. The van der Waals surface area contributed by atoms with Gasteiger partial charge < -0.3 is 15.2 Å². The standard InChI is InChI=1S/C16H19N7/c1-11-18-6-8-22(11)9-12-3-2-7-23(12)16-13-4-5-14(17)21-15(13)19-10-20-16/h4-6,8,10,12H,2-3,7,9H2,1H3,(H2,17,19,20,21). The van der Waals surface area contributed by atoms with Crippen LogP contribution in [-0.2, 0) is 6.54 Å². The van der Waals surface area contributed by atoms with Crippen molar-refractivity contribution in [2.45, 2.75) is 32.4 Å². The Hall–Kier alpha value is -2.70. The maximum atomic E-state index is 5.77. The molecule has 1 fully saturated rings. The van der Waals surface area contributed by atoms with Gasteiger partial charge in [-0.15, -0.1) is 0 Å². The van der Waals surface area contributed by atoms with Gasteiger partial charge in [0.25, 0.3) is 0 Å². The Morgan fingerprint density at radius 1 is 1.26 bits per heavy atom. The largest absolute Gasteiger partial charge is 0.384 e. The van der Waals surface area contributed by atoms with Gasteiger partial charge in [-0.25, -0.2) is 19.9 Å². The van der Waals surface area contributed by atoms with Gasteiger partial charge in [0, 0.05) is 31.5 Å². The topological polar surface area (TPSA) is 85.8 Å². The van der Waals surface area contributed by atoms with Crippen LogP contribution in [0.1, 0.15) is 18.7 Å². The van der Waals surface area contributed by atoms with Crippen molar-refractivity contribution in [1.29, 1.82) is 0 Å². The number of rotatable bonds is 3. The minimum absolute atomic E-state index is 0.401. The van der Waals surface area contributed by atoms with Crippen molar-refractivity contribution < 1.29 is 0 Å². The lowest BCUT2D eigenvalue weighted by atomic mass is 10.2. The van der Waals surface area contributed by atoms with Crippen molar-refractivity contribution in [3.8, 4) is 0 Å². The van der Waals surface area contributed by atoms with Crippen LogP contribution < -0.4 is 10.6 Å². The summed E-state index contributed by atoms with van der Waals surface area (Å²) in [5, 5.41) is 0.955. The molecule has 1 aliphatic heterocycles. The van der Waals surface area contributed by atoms with E-state index in [1.54, 1.807) is 12.4 Å². The van der Waals surface area contributed by atoms with Gasteiger partial charge in [-0.3, -0.25) is 0 Å². The number of anilines is 2. The first-order valence-corrected chi connectivity index (χ1v) is 7.84. The minimum atomic E-state index is 0.401. The van der Waals surface area contributed by atoms with E-state index in [-0.39, 0.29) is 0 Å². The zero-order valence-corrected chi connectivity index (χ0v) is 13.1. The van der Waals surface area contributed by atoms with E-state index in [2.05, 4.69) is 29.4 Å². The molecule has 0 bridgehead atoms. The highest BCUT2D eigenvalue weighted by atomic mass is 15.3. The summed E-state index contributed by atoms with van der Waals surface area (Å²) < 4.78 is 2.20. The van der Waals surface area contributed by atoms with Gasteiger partial charge in [0.2, 0.25) is 0 Å². The lowest BCUT2D eigenvalue weighted by molar-refractivity contribution is 0.539. The number of nitrogen functional groups attached to an aromatic ring is 1.